The summed E-state index contributed by atoms with van der Waals surface area (Å²) in [6.45, 7) is 9.84. The van der Waals surface area contributed by atoms with Crippen LogP contribution in [0.25, 0.3) is 16.1 Å². The number of benzene rings is 1. The third-order valence-corrected chi connectivity index (χ3v) is 7.77. The minimum absolute atomic E-state index is 0.170. The number of amides is 1. The smallest absolute Gasteiger partial charge is 0.258 e. The van der Waals surface area contributed by atoms with Gasteiger partial charge >= 0.3 is 0 Å². The molecule has 2 aromatic heterocycles. The second-order valence-electron chi connectivity index (χ2n) is 7.55. The molecule has 11 nitrogen and oxygen atoms in total. The molecule has 2 heterocycles. The van der Waals surface area contributed by atoms with Crippen molar-refractivity contribution >= 4 is 43.8 Å². The van der Waals surface area contributed by atoms with Gasteiger partial charge in [-0.3, -0.25) is 14.5 Å². The van der Waals surface area contributed by atoms with Crippen LogP contribution in [-0.4, -0.2) is 48.2 Å². The van der Waals surface area contributed by atoms with Crippen molar-refractivity contribution < 1.29 is 22.7 Å². The van der Waals surface area contributed by atoms with Gasteiger partial charge in [-0.1, -0.05) is 6.07 Å². The number of thiazole rings is 1. The molecule has 4 rings (SSSR count). The van der Waals surface area contributed by atoms with E-state index in [4.69, 9.17) is 16.0 Å². The van der Waals surface area contributed by atoms with Crippen molar-refractivity contribution in [2.45, 2.75) is 31.1 Å². The summed E-state index contributed by atoms with van der Waals surface area (Å²) in [5.74, 6) is -0.179. The van der Waals surface area contributed by atoms with Gasteiger partial charge < -0.3 is 14.8 Å². The van der Waals surface area contributed by atoms with E-state index in [1.54, 1.807) is 29.8 Å². The molecule has 0 bridgehead atoms. The second-order valence-corrected chi connectivity index (χ2v) is 10.4. The average molecular weight is 515 g/mol. The zero-order valence-corrected chi connectivity index (χ0v) is 20.5. The van der Waals surface area contributed by atoms with Crippen molar-refractivity contribution in [3.8, 4) is 17.1 Å². The first kappa shape index (κ1) is 24.5. The van der Waals surface area contributed by atoms with Gasteiger partial charge in [-0.05, 0) is 37.5 Å². The Labute approximate surface area is 206 Å². The Morgan fingerprint density at radius 2 is 2.11 bits per heavy atom. The number of sulfonamides is 1. The van der Waals surface area contributed by atoms with Gasteiger partial charge in [0.15, 0.2) is 11.2 Å². The highest BCUT2D eigenvalue weighted by molar-refractivity contribution is 7.93. The summed E-state index contributed by atoms with van der Waals surface area (Å²) in [6, 6.07) is 4.90. The summed E-state index contributed by atoms with van der Waals surface area (Å²) in [4.78, 5) is 29.2. The van der Waals surface area contributed by atoms with Crippen LogP contribution in [0.4, 0.5) is 16.5 Å². The Balaban J connectivity index is 1.50. The number of nitrogens with zero attached hydrogens (tertiary/aromatic N) is 4. The van der Waals surface area contributed by atoms with Crippen molar-refractivity contribution in [2.75, 3.05) is 23.8 Å². The minimum Gasteiger partial charge on any atom is -0.477 e. The minimum atomic E-state index is -3.46. The zero-order chi connectivity index (χ0) is 25.0. The predicted molar refractivity (Wildman–Crippen MR) is 131 cm³/mol. The van der Waals surface area contributed by atoms with Gasteiger partial charge in [-0.25, -0.2) is 23.2 Å². The maximum Gasteiger partial charge on any atom is 0.258 e. The SMILES string of the molecule is [C-]#[N+]c1cc(-c2cncc(OCC)n2)ccc1NC(=O)C(OC)c1csc(NS(=O)(=O)C2CC2)n1. The summed E-state index contributed by atoms with van der Waals surface area (Å²) in [6.07, 6.45) is 3.22. The topological polar surface area (TPSA) is 137 Å². The van der Waals surface area contributed by atoms with Crippen LogP contribution in [0.1, 0.15) is 31.6 Å². The number of hydrogen-bond acceptors (Lipinski definition) is 9. The fourth-order valence-corrected chi connectivity index (χ4v) is 5.51. The highest BCUT2D eigenvalue weighted by Gasteiger charge is 2.36. The van der Waals surface area contributed by atoms with Crippen molar-refractivity contribution in [2.24, 2.45) is 0 Å². The number of aromatic nitrogens is 3. The van der Waals surface area contributed by atoms with Gasteiger partial charge in [0.2, 0.25) is 21.6 Å². The van der Waals surface area contributed by atoms with E-state index >= 15 is 0 Å². The first-order valence-corrected chi connectivity index (χ1v) is 13.0. The first-order chi connectivity index (χ1) is 16.8. The van der Waals surface area contributed by atoms with Crippen LogP contribution in [0.15, 0.2) is 36.0 Å². The van der Waals surface area contributed by atoms with Crippen LogP contribution in [0.5, 0.6) is 5.88 Å². The molecule has 35 heavy (non-hydrogen) atoms. The molecule has 0 aliphatic heterocycles. The third kappa shape index (κ3) is 5.73. The van der Waals surface area contributed by atoms with E-state index in [1.807, 2.05) is 6.92 Å². The molecular weight excluding hydrogens is 492 g/mol. The molecule has 0 spiro atoms. The number of ether oxygens (including phenoxy) is 2. The van der Waals surface area contributed by atoms with Gasteiger partial charge in [0.05, 0.1) is 42.2 Å². The van der Waals surface area contributed by atoms with E-state index in [0.29, 0.717) is 36.6 Å². The Bertz CT molecular complexity index is 1380. The summed E-state index contributed by atoms with van der Waals surface area (Å²) in [5.41, 5.74) is 1.91. The molecule has 13 heteroatoms. The molecular formula is C22H22N6O5S2. The van der Waals surface area contributed by atoms with E-state index in [2.05, 4.69) is 29.8 Å². The quantitative estimate of drug-likeness (QED) is 0.390. The van der Waals surface area contributed by atoms with Crippen LogP contribution < -0.4 is 14.8 Å². The van der Waals surface area contributed by atoms with Gasteiger partial charge in [-0.15, -0.1) is 11.3 Å². The van der Waals surface area contributed by atoms with Crippen molar-refractivity contribution in [1.82, 2.24) is 15.0 Å². The highest BCUT2D eigenvalue weighted by atomic mass is 32.2. The summed E-state index contributed by atoms with van der Waals surface area (Å²) < 4.78 is 37.4. The molecule has 1 atom stereocenters. The summed E-state index contributed by atoms with van der Waals surface area (Å²) >= 11 is 1.07. The number of hydrogen-bond donors (Lipinski definition) is 2. The molecule has 3 aromatic rings. The van der Waals surface area contributed by atoms with Crippen LogP contribution in [-0.2, 0) is 19.6 Å². The highest BCUT2D eigenvalue weighted by Crippen LogP contribution is 2.34. The number of carbonyl (C=O) groups excluding carboxylic acids is 1. The molecule has 1 aliphatic carbocycles. The number of nitrogens with one attached hydrogen (secondary N) is 2. The molecule has 0 radical (unpaired) electrons. The van der Waals surface area contributed by atoms with Gasteiger partial charge in [0, 0.05) is 18.2 Å². The predicted octanol–water partition coefficient (Wildman–Crippen LogP) is 3.78. The third-order valence-electron chi connectivity index (χ3n) is 5.03. The number of methoxy groups -OCH3 is 1. The Morgan fingerprint density at radius 3 is 2.80 bits per heavy atom. The van der Waals surface area contributed by atoms with Crippen LogP contribution in [0.2, 0.25) is 0 Å². The molecule has 1 aliphatic rings. The van der Waals surface area contributed by atoms with E-state index in [1.165, 1.54) is 13.3 Å². The Kier molecular flexibility index (Phi) is 7.25. The van der Waals surface area contributed by atoms with Crippen molar-refractivity contribution in [3.63, 3.8) is 0 Å². The van der Waals surface area contributed by atoms with E-state index in [0.717, 1.165) is 11.3 Å². The molecule has 1 aromatic carbocycles. The van der Waals surface area contributed by atoms with Crippen LogP contribution in [0, 0.1) is 6.57 Å². The monoisotopic (exact) mass is 514 g/mol. The molecule has 0 saturated heterocycles. The normalized spacial score (nSPS) is 14.1. The number of carbonyl (C=O) groups is 1. The zero-order valence-electron chi connectivity index (χ0n) is 18.9. The van der Waals surface area contributed by atoms with E-state index < -0.39 is 22.0 Å². The average Bonchev–Trinajstić information content (AvgIpc) is 3.62. The largest absolute Gasteiger partial charge is 0.477 e. The van der Waals surface area contributed by atoms with Crippen LogP contribution in [0.3, 0.4) is 0 Å². The van der Waals surface area contributed by atoms with Crippen LogP contribution >= 0.6 is 11.3 Å². The van der Waals surface area contributed by atoms with E-state index in [9.17, 15) is 13.2 Å². The lowest BCUT2D eigenvalue weighted by molar-refractivity contribution is -0.126. The van der Waals surface area contributed by atoms with Crippen molar-refractivity contribution in [3.05, 3.63) is 53.1 Å². The molecule has 1 unspecified atom stereocenters. The lowest BCUT2D eigenvalue weighted by Crippen LogP contribution is -2.23. The number of rotatable bonds is 10. The molecule has 1 saturated carbocycles. The fraction of sp³-hybridized carbons (Fsp3) is 0.318. The summed E-state index contributed by atoms with van der Waals surface area (Å²) in [7, 11) is -2.12. The summed E-state index contributed by atoms with van der Waals surface area (Å²) in [5, 5.41) is 4.03. The fourth-order valence-electron chi connectivity index (χ4n) is 3.19. The second kappa shape index (κ2) is 10.3. The standard InChI is InChI=1S/C22H22N6O5S2/c1-4-33-19-11-24-10-17(25-19)13-5-8-15(16(9-13)23-2)26-21(29)20(32-3)18-12-34-22(27-18)28-35(30,31)14-6-7-14/h5,8-12,14,20H,4,6-7H2,1,3H3,(H,26,29)(H,27,28). The van der Waals surface area contributed by atoms with Crippen molar-refractivity contribution in [1.29, 1.82) is 0 Å². The maximum atomic E-state index is 12.9. The molecule has 182 valence electrons. The first-order valence-electron chi connectivity index (χ1n) is 10.6. The van der Waals surface area contributed by atoms with E-state index in [-0.39, 0.29) is 27.5 Å². The lowest BCUT2D eigenvalue weighted by atomic mass is 10.1. The van der Waals surface area contributed by atoms with Gasteiger partial charge in [0.1, 0.15) is 0 Å². The molecule has 1 amide bonds. The Morgan fingerprint density at radius 1 is 1.31 bits per heavy atom. The Hall–Kier alpha value is -3.60. The maximum absolute atomic E-state index is 12.9. The van der Waals surface area contributed by atoms with Gasteiger partial charge in [0.25, 0.3) is 5.91 Å². The van der Waals surface area contributed by atoms with Gasteiger partial charge in [-0.2, -0.15) is 0 Å². The molecule has 2 N–H and O–H groups in total. The number of anilines is 2. The lowest BCUT2D eigenvalue weighted by Gasteiger charge is -2.15. The molecule has 1 fully saturated rings.